The van der Waals surface area contributed by atoms with Crippen LogP contribution >= 0.6 is 0 Å². The van der Waals surface area contributed by atoms with Gasteiger partial charge in [0.1, 0.15) is 22.8 Å². The highest BCUT2D eigenvalue weighted by molar-refractivity contribution is 7.88. The van der Waals surface area contributed by atoms with Crippen LogP contribution in [0, 0.1) is 0 Å². The van der Waals surface area contributed by atoms with Gasteiger partial charge in [-0.3, -0.25) is 14.4 Å². The Morgan fingerprint density at radius 1 is 1.12 bits per heavy atom. The fraction of sp³-hybridized carbons (Fsp3) is 0.464. The van der Waals surface area contributed by atoms with Crippen molar-refractivity contribution < 1.29 is 57.4 Å². The molecule has 2 aromatic carbocycles. The van der Waals surface area contributed by atoms with Crippen LogP contribution in [0.5, 0.6) is 17.2 Å². The van der Waals surface area contributed by atoms with Gasteiger partial charge in [0.25, 0.3) is 0 Å². The lowest BCUT2D eigenvalue weighted by molar-refractivity contribution is -0.248. The Hall–Kier alpha value is -3.40. The van der Waals surface area contributed by atoms with Crippen molar-refractivity contribution in [2.75, 3.05) is 13.4 Å². The number of phenolic OH excluding ortho intramolecular Hbond substituents is 2. The number of aliphatic hydroxyl groups excluding tert-OH is 1. The minimum atomic E-state index is -3.74. The number of methoxy groups -OCH3 is 1. The van der Waals surface area contributed by atoms with E-state index in [0.29, 0.717) is 0 Å². The summed E-state index contributed by atoms with van der Waals surface area (Å²) in [6.45, 7) is 2.63. The Bertz CT molecular complexity index is 1620. The minimum Gasteiger partial charge on any atom is -0.507 e. The molecule has 1 fully saturated rings. The largest absolute Gasteiger partial charge is 0.507 e. The second-order valence-corrected chi connectivity index (χ2v) is 12.7. The van der Waals surface area contributed by atoms with Crippen LogP contribution in [0.4, 0.5) is 0 Å². The van der Waals surface area contributed by atoms with Crippen molar-refractivity contribution in [3.8, 4) is 17.2 Å². The second kappa shape index (κ2) is 10.4. The number of aromatic hydroxyl groups is 2. The molecule has 0 bridgehead atoms. The van der Waals surface area contributed by atoms with Crippen LogP contribution in [0.3, 0.4) is 0 Å². The first kappa shape index (κ1) is 30.1. The average Bonchev–Trinajstić information content (AvgIpc) is 2.90. The fourth-order valence-corrected chi connectivity index (χ4v) is 6.80. The van der Waals surface area contributed by atoms with Crippen molar-refractivity contribution in [1.29, 1.82) is 0 Å². The summed E-state index contributed by atoms with van der Waals surface area (Å²) in [6, 6.07) is 3.33. The SMILES string of the molecule is COc1cccc2c1C(=O)c1c(O)c3c(c(O)c1C2=O)C[C@@](O)(C(C)=O)C[C@@H]3OC1CC(NS(C)(=O)=O)C(O)C(C)O1. The number of phenols is 2. The summed E-state index contributed by atoms with van der Waals surface area (Å²) in [6.07, 6.45) is -4.91. The number of aliphatic hydroxyl groups is 2. The maximum atomic E-state index is 13.7. The summed E-state index contributed by atoms with van der Waals surface area (Å²) in [5.74, 6) is -3.53. The lowest BCUT2D eigenvalue weighted by Gasteiger charge is -2.42. The quantitative estimate of drug-likeness (QED) is 0.245. The molecule has 1 heterocycles. The van der Waals surface area contributed by atoms with Gasteiger partial charge in [-0.15, -0.1) is 0 Å². The number of carbonyl (C=O) groups excluding carboxylic acids is 3. The molecule has 6 atom stereocenters. The summed E-state index contributed by atoms with van der Waals surface area (Å²) >= 11 is 0. The van der Waals surface area contributed by atoms with Crippen molar-refractivity contribution in [2.45, 2.75) is 69.4 Å². The van der Waals surface area contributed by atoms with Crippen LogP contribution in [-0.4, -0.2) is 89.7 Å². The first-order valence-electron chi connectivity index (χ1n) is 13.1. The smallest absolute Gasteiger partial charge is 0.209 e. The molecule has 226 valence electrons. The molecule has 0 aromatic heterocycles. The van der Waals surface area contributed by atoms with E-state index in [2.05, 4.69) is 4.72 Å². The third-order valence-corrected chi connectivity index (χ3v) is 8.85. The zero-order valence-corrected chi connectivity index (χ0v) is 24.0. The van der Waals surface area contributed by atoms with Crippen molar-refractivity contribution in [2.24, 2.45) is 0 Å². The predicted molar refractivity (Wildman–Crippen MR) is 144 cm³/mol. The molecule has 1 saturated heterocycles. The van der Waals surface area contributed by atoms with E-state index in [-0.39, 0.29) is 34.4 Å². The van der Waals surface area contributed by atoms with Gasteiger partial charge in [0.15, 0.2) is 17.9 Å². The van der Waals surface area contributed by atoms with E-state index in [1.54, 1.807) is 0 Å². The van der Waals surface area contributed by atoms with E-state index < -0.39 is 99.1 Å². The van der Waals surface area contributed by atoms with Gasteiger partial charge in [-0.2, -0.15) is 0 Å². The zero-order chi connectivity index (χ0) is 30.9. The fourth-order valence-electron chi connectivity index (χ4n) is 6.02. The first-order valence-corrected chi connectivity index (χ1v) is 15.0. The summed E-state index contributed by atoms with van der Waals surface area (Å²) in [4.78, 5) is 39.8. The number of hydrogen-bond donors (Lipinski definition) is 5. The molecule has 0 radical (unpaired) electrons. The van der Waals surface area contributed by atoms with E-state index in [1.165, 1.54) is 32.2 Å². The number of Topliss-reactive ketones (excluding diaryl/α,β-unsaturated/α-hetero) is 1. The molecule has 5 rings (SSSR count). The van der Waals surface area contributed by atoms with Crippen LogP contribution < -0.4 is 9.46 Å². The second-order valence-electron chi connectivity index (χ2n) is 11.0. The third-order valence-electron chi connectivity index (χ3n) is 8.12. The van der Waals surface area contributed by atoms with Crippen LogP contribution in [0.25, 0.3) is 0 Å². The van der Waals surface area contributed by atoms with Gasteiger partial charge in [0.05, 0.1) is 54.4 Å². The summed E-state index contributed by atoms with van der Waals surface area (Å²) < 4.78 is 43.2. The average molecular weight is 606 g/mol. The summed E-state index contributed by atoms with van der Waals surface area (Å²) in [5.41, 5.74) is -3.52. The van der Waals surface area contributed by atoms with Crippen LogP contribution in [-0.2, 0) is 30.7 Å². The van der Waals surface area contributed by atoms with E-state index in [9.17, 15) is 43.2 Å². The van der Waals surface area contributed by atoms with Gasteiger partial charge < -0.3 is 34.6 Å². The Labute approximate surface area is 241 Å². The van der Waals surface area contributed by atoms with Gasteiger partial charge in [-0.25, -0.2) is 13.1 Å². The summed E-state index contributed by atoms with van der Waals surface area (Å²) in [7, 11) is -2.42. The molecule has 1 aliphatic heterocycles. The Balaban J connectivity index is 1.64. The van der Waals surface area contributed by atoms with E-state index in [4.69, 9.17) is 14.2 Å². The highest BCUT2D eigenvalue weighted by atomic mass is 32.2. The van der Waals surface area contributed by atoms with E-state index >= 15 is 0 Å². The lowest BCUT2D eigenvalue weighted by atomic mass is 9.72. The molecule has 0 saturated carbocycles. The molecular formula is C28H31NO12S. The minimum absolute atomic E-state index is 0.0560. The monoisotopic (exact) mass is 605 g/mol. The molecule has 2 aliphatic carbocycles. The number of nitrogens with one attached hydrogen (secondary N) is 1. The van der Waals surface area contributed by atoms with Crippen molar-refractivity contribution in [1.82, 2.24) is 4.72 Å². The van der Waals surface area contributed by atoms with Crippen LogP contribution in [0.2, 0.25) is 0 Å². The highest BCUT2D eigenvalue weighted by Crippen LogP contribution is 2.52. The molecule has 13 nitrogen and oxygen atoms in total. The van der Waals surface area contributed by atoms with Gasteiger partial charge in [-0.05, 0) is 19.9 Å². The number of sulfonamides is 1. The number of rotatable bonds is 6. The number of benzene rings is 2. The molecule has 4 unspecified atom stereocenters. The normalized spacial score (nSPS) is 29.0. The van der Waals surface area contributed by atoms with Gasteiger partial charge in [-0.1, -0.05) is 12.1 Å². The topological polar surface area (TPSA) is 206 Å². The van der Waals surface area contributed by atoms with Gasteiger partial charge >= 0.3 is 0 Å². The molecule has 0 amide bonds. The Morgan fingerprint density at radius 3 is 2.40 bits per heavy atom. The first-order chi connectivity index (χ1) is 19.6. The van der Waals surface area contributed by atoms with E-state index in [0.717, 1.165) is 13.2 Å². The Morgan fingerprint density at radius 2 is 1.79 bits per heavy atom. The highest BCUT2D eigenvalue weighted by Gasteiger charge is 2.49. The molecule has 2 aromatic rings. The number of carbonyl (C=O) groups is 3. The molecule has 42 heavy (non-hydrogen) atoms. The van der Waals surface area contributed by atoms with Crippen LogP contribution in [0.15, 0.2) is 18.2 Å². The predicted octanol–water partition coefficient (Wildman–Crippen LogP) is 0.619. The van der Waals surface area contributed by atoms with Gasteiger partial charge in [0, 0.05) is 36.0 Å². The van der Waals surface area contributed by atoms with Crippen molar-refractivity contribution in [3.63, 3.8) is 0 Å². The molecule has 3 aliphatic rings. The molecule has 14 heteroatoms. The van der Waals surface area contributed by atoms with Crippen LogP contribution in [0.1, 0.15) is 75.8 Å². The molecule has 5 N–H and O–H groups in total. The maximum Gasteiger partial charge on any atom is 0.209 e. The standard InChI is InChI=1S/C28H31NO12S/c1-11-23(31)15(29-42(4,37)38)8-18(40-11)41-17-10-28(36,12(2)30)9-14-20(17)27(35)22-21(25(14)33)24(32)13-6-5-7-16(39-3)19(13)26(22)34/h5-7,11,15,17-18,23,29,31,33,35-36H,8-10H2,1-4H3/t11?,15?,17-,18?,23?,28-/m0/s1. The third kappa shape index (κ3) is 4.87. The van der Waals surface area contributed by atoms with Gasteiger partial charge in [0.2, 0.25) is 15.8 Å². The Kier molecular flexibility index (Phi) is 7.44. The number of fused-ring (bicyclic) bond motifs is 3. The number of hydrogen-bond acceptors (Lipinski definition) is 12. The van der Waals surface area contributed by atoms with Crippen molar-refractivity contribution in [3.05, 3.63) is 51.6 Å². The zero-order valence-electron chi connectivity index (χ0n) is 23.2. The number of ketones is 3. The maximum absolute atomic E-state index is 13.7. The molecule has 0 spiro atoms. The number of ether oxygens (including phenoxy) is 3. The van der Waals surface area contributed by atoms with E-state index in [1.807, 2.05) is 0 Å². The summed E-state index contributed by atoms with van der Waals surface area (Å²) in [5, 5.41) is 44.7. The lowest BCUT2D eigenvalue weighted by Crippen LogP contribution is -2.55. The molecular weight excluding hydrogens is 574 g/mol. The van der Waals surface area contributed by atoms with Crippen molar-refractivity contribution >= 4 is 27.4 Å².